The molecule has 2 N–H and O–H groups in total. The van der Waals surface area contributed by atoms with Gasteiger partial charge in [-0.15, -0.1) is 0 Å². The van der Waals surface area contributed by atoms with Crippen molar-refractivity contribution in [3.8, 4) is 0 Å². The zero-order chi connectivity index (χ0) is 21.4. The van der Waals surface area contributed by atoms with Crippen LogP contribution in [0.4, 0.5) is 4.79 Å². The summed E-state index contributed by atoms with van der Waals surface area (Å²) < 4.78 is 10.8. The van der Waals surface area contributed by atoms with Gasteiger partial charge in [-0.2, -0.15) is 0 Å². The molecule has 1 rings (SSSR count). The highest BCUT2D eigenvalue weighted by atomic mass is 16.6. The molecule has 6 heteroatoms. The highest BCUT2D eigenvalue weighted by molar-refractivity contribution is 5.73. The van der Waals surface area contributed by atoms with E-state index >= 15 is 0 Å². The number of carbonyl (C=O) groups excluding carboxylic acids is 2. The van der Waals surface area contributed by atoms with E-state index in [0.29, 0.717) is 18.5 Å². The maximum atomic E-state index is 12.5. The van der Waals surface area contributed by atoms with Gasteiger partial charge in [0.25, 0.3) is 0 Å². The summed E-state index contributed by atoms with van der Waals surface area (Å²) in [7, 11) is 0. The summed E-state index contributed by atoms with van der Waals surface area (Å²) in [5.74, 6) is 0.393. The topological polar surface area (TPSA) is 76.7 Å². The van der Waals surface area contributed by atoms with Crippen LogP contribution in [0.2, 0.25) is 0 Å². The number of nitrogens with one attached hydrogen (secondary N) is 2. The molecule has 0 radical (unpaired) electrons. The first-order valence-electron chi connectivity index (χ1n) is 10.8. The summed E-state index contributed by atoms with van der Waals surface area (Å²) in [5, 5.41) is 6.37. The lowest BCUT2D eigenvalue weighted by Crippen LogP contribution is -2.39. The Hall–Kier alpha value is -1.30. The second-order valence-corrected chi connectivity index (χ2v) is 9.90. The normalized spacial score (nSPS) is 21.7. The molecular formula is C22H42N2O4. The Bertz CT molecular complexity index is 486. The van der Waals surface area contributed by atoms with Gasteiger partial charge in [0.2, 0.25) is 0 Å². The van der Waals surface area contributed by atoms with Gasteiger partial charge < -0.3 is 20.1 Å². The largest absolute Gasteiger partial charge is 0.460 e. The van der Waals surface area contributed by atoms with Crippen LogP contribution in [0.25, 0.3) is 0 Å². The molecule has 1 unspecified atom stereocenters. The molecular weight excluding hydrogens is 356 g/mol. The number of amides is 1. The summed E-state index contributed by atoms with van der Waals surface area (Å²) in [5.41, 5.74) is -0.882. The Balaban J connectivity index is 2.24. The number of esters is 1. The Kier molecular flexibility index (Phi) is 9.75. The van der Waals surface area contributed by atoms with Crippen molar-refractivity contribution in [1.82, 2.24) is 10.6 Å². The average molecular weight is 399 g/mol. The molecule has 0 spiro atoms. The van der Waals surface area contributed by atoms with E-state index in [4.69, 9.17) is 9.47 Å². The predicted molar refractivity (Wildman–Crippen MR) is 112 cm³/mol. The maximum Gasteiger partial charge on any atom is 0.407 e. The molecule has 0 aliphatic heterocycles. The Labute approximate surface area is 171 Å². The molecule has 0 heterocycles. The van der Waals surface area contributed by atoms with Gasteiger partial charge in [0.1, 0.15) is 11.2 Å². The van der Waals surface area contributed by atoms with Crippen LogP contribution in [0.1, 0.15) is 87.0 Å². The van der Waals surface area contributed by atoms with E-state index in [2.05, 4.69) is 17.6 Å². The second kappa shape index (κ2) is 11.0. The fourth-order valence-corrected chi connectivity index (χ4v) is 3.69. The van der Waals surface area contributed by atoms with E-state index in [-0.39, 0.29) is 18.0 Å². The smallest absolute Gasteiger partial charge is 0.407 e. The predicted octanol–water partition coefficient (Wildman–Crippen LogP) is 4.42. The van der Waals surface area contributed by atoms with Gasteiger partial charge >= 0.3 is 12.1 Å². The van der Waals surface area contributed by atoms with Gasteiger partial charge in [-0.1, -0.05) is 6.92 Å². The third-order valence-electron chi connectivity index (χ3n) is 4.95. The summed E-state index contributed by atoms with van der Waals surface area (Å²) in [6, 6.07) is 0.494. The van der Waals surface area contributed by atoms with Crippen LogP contribution in [0.3, 0.4) is 0 Å². The molecule has 1 amide bonds. The summed E-state index contributed by atoms with van der Waals surface area (Å²) >= 11 is 0. The van der Waals surface area contributed by atoms with Crippen molar-refractivity contribution < 1.29 is 19.1 Å². The van der Waals surface area contributed by atoms with E-state index in [9.17, 15) is 9.59 Å². The van der Waals surface area contributed by atoms with Crippen LogP contribution in [-0.2, 0) is 14.3 Å². The van der Waals surface area contributed by atoms with E-state index in [0.717, 1.165) is 45.1 Å². The zero-order valence-electron chi connectivity index (χ0n) is 19.0. The Morgan fingerprint density at radius 3 is 2.00 bits per heavy atom. The Morgan fingerprint density at radius 1 is 0.929 bits per heavy atom. The highest BCUT2D eigenvalue weighted by Gasteiger charge is 2.33. The van der Waals surface area contributed by atoms with Crippen molar-refractivity contribution in [2.24, 2.45) is 11.8 Å². The van der Waals surface area contributed by atoms with Crippen LogP contribution in [0.15, 0.2) is 0 Å². The van der Waals surface area contributed by atoms with Crippen molar-refractivity contribution in [2.75, 3.05) is 13.1 Å². The first kappa shape index (κ1) is 24.7. The van der Waals surface area contributed by atoms with Crippen molar-refractivity contribution in [3.63, 3.8) is 0 Å². The molecule has 1 fully saturated rings. The van der Waals surface area contributed by atoms with Crippen LogP contribution in [-0.4, -0.2) is 42.4 Å². The monoisotopic (exact) mass is 398 g/mol. The molecule has 0 bridgehead atoms. The molecule has 28 heavy (non-hydrogen) atoms. The van der Waals surface area contributed by atoms with E-state index in [1.54, 1.807) is 0 Å². The van der Waals surface area contributed by atoms with Crippen molar-refractivity contribution in [3.05, 3.63) is 0 Å². The molecule has 1 aliphatic rings. The van der Waals surface area contributed by atoms with Crippen LogP contribution < -0.4 is 10.6 Å². The summed E-state index contributed by atoms with van der Waals surface area (Å²) in [4.78, 5) is 24.1. The van der Waals surface area contributed by atoms with E-state index in [1.807, 2.05) is 41.5 Å². The molecule has 1 saturated carbocycles. The van der Waals surface area contributed by atoms with Crippen molar-refractivity contribution in [1.29, 1.82) is 0 Å². The first-order valence-corrected chi connectivity index (χ1v) is 10.8. The lowest BCUT2D eigenvalue weighted by molar-refractivity contribution is -0.162. The standard InChI is InChI=1S/C22H42N2O4/c1-8-18(19(25)27-21(2,3)4)16-10-12-17(13-11-16)23-14-9-15-24-20(26)28-22(5,6)7/h16-18,23H,8-15H2,1-7H3,(H,24,26). The zero-order valence-corrected chi connectivity index (χ0v) is 19.0. The van der Waals surface area contributed by atoms with Gasteiger partial charge in [0, 0.05) is 12.6 Å². The van der Waals surface area contributed by atoms with Gasteiger partial charge in [-0.3, -0.25) is 4.79 Å². The third-order valence-corrected chi connectivity index (χ3v) is 4.95. The van der Waals surface area contributed by atoms with Crippen LogP contribution in [0.5, 0.6) is 0 Å². The third kappa shape index (κ3) is 10.3. The first-order chi connectivity index (χ1) is 12.9. The van der Waals surface area contributed by atoms with Gasteiger partial charge in [-0.25, -0.2) is 4.79 Å². The minimum absolute atomic E-state index is 0.0122. The molecule has 0 saturated heterocycles. The number of hydrogen-bond acceptors (Lipinski definition) is 5. The molecule has 6 nitrogen and oxygen atoms in total. The molecule has 0 aromatic carbocycles. The second-order valence-electron chi connectivity index (χ2n) is 9.90. The molecule has 0 aromatic rings. The Morgan fingerprint density at radius 2 is 1.50 bits per heavy atom. The lowest BCUT2D eigenvalue weighted by atomic mass is 9.77. The molecule has 1 aliphatic carbocycles. The van der Waals surface area contributed by atoms with Gasteiger partial charge in [-0.05, 0) is 92.5 Å². The highest BCUT2D eigenvalue weighted by Crippen LogP contribution is 2.33. The van der Waals surface area contributed by atoms with Gasteiger partial charge in [0.15, 0.2) is 0 Å². The number of hydrogen-bond donors (Lipinski definition) is 2. The molecule has 1 atom stereocenters. The summed E-state index contributed by atoms with van der Waals surface area (Å²) in [6.45, 7) is 14.9. The number of ether oxygens (including phenoxy) is 2. The fourth-order valence-electron chi connectivity index (χ4n) is 3.69. The van der Waals surface area contributed by atoms with Crippen molar-refractivity contribution in [2.45, 2.75) is 104 Å². The minimum atomic E-state index is -0.462. The summed E-state index contributed by atoms with van der Waals surface area (Å²) in [6.07, 6.45) is 5.65. The number of rotatable bonds is 8. The van der Waals surface area contributed by atoms with Gasteiger partial charge in [0.05, 0.1) is 5.92 Å². The van der Waals surface area contributed by atoms with Crippen LogP contribution in [0, 0.1) is 11.8 Å². The lowest BCUT2D eigenvalue weighted by Gasteiger charge is -2.34. The minimum Gasteiger partial charge on any atom is -0.460 e. The molecule has 0 aromatic heterocycles. The van der Waals surface area contributed by atoms with E-state index in [1.165, 1.54) is 0 Å². The maximum absolute atomic E-state index is 12.5. The fraction of sp³-hybridized carbons (Fsp3) is 0.909. The van der Waals surface area contributed by atoms with Crippen LogP contribution >= 0.6 is 0 Å². The number of carbonyl (C=O) groups is 2. The number of alkyl carbamates (subject to hydrolysis) is 1. The average Bonchev–Trinajstić information content (AvgIpc) is 2.53. The van der Waals surface area contributed by atoms with Crippen molar-refractivity contribution >= 4 is 12.1 Å². The SMILES string of the molecule is CCC(C(=O)OC(C)(C)C)C1CCC(NCCCNC(=O)OC(C)(C)C)CC1. The van der Waals surface area contributed by atoms with E-state index < -0.39 is 11.2 Å². The quantitative estimate of drug-likeness (QED) is 0.468. The molecule has 164 valence electrons.